The first-order valence-corrected chi connectivity index (χ1v) is 8.75. The van der Waals surface area contributed by atoms with Gasteiger partial charge in [-0.05, 0) is 37.2 Å². The molecular weight excluding hydrogens is 298 g/mol. The summed E-state index contributed by atoms with van der Waals surface area (Å²) in [7, 11) is 0. The molecule has 1 fully saturated rings. The number of aromatic nitrogens is 1. The Kier molecular flexibility index (Phi) is 4.47. The van der Waals surface area contributed by atoms with Gasteiger partial charge in [0, 0.05) is 38.3 Å². The van der Waals surface area contributed by atoms with E-state index in [1.807, 2.05) is 24.3 Å². The van der Waals surface area contributed by atoms with Crippen molar-refractivity contribution in [2.24, 2.45) is 0 Å². The van der Waals surface area contributed by atoms with Crippen LogP contribution in [0.3, 0.4) is 0 Å². The molecule has 4 heteroatoms. The second kappa shape index (κ2) is 7.05. The van der Waals surface area contributed by atoms with Crippen LogP contribution in [-0.4, -0.2) is 42.6 Å². The van der Waals surface area contributed by atoms with E-state index in [1.165, 1.54) is 5.69 Å². The number of para-hydroxylation sites is 3. The van der Waals surface area contributed by atoms with Crippen molar-refractivity contribution in [2.45, 2.75) is 12.8 Å². The molecule has 1 aliphatic rings. The first-order valence-electron chi connectivity index (χ1n) is 8.75. The van der Waals surface area contributed by atoms with E-state index in [2.05, 4.69) is 45.1 Å². The molecule has 0 aliphatic carbocycles. The third-order valence-corrected chi connectivity index (χ3v) is 4.70. The van der Waals surface area contributed by atoms with E-state index in [0.29, 0.717) is 0 Å². The summed E-state index contributed by atoms with van der Waals surface area (Å²) < 4.78 is 5.79. The minimum atomic E-state index is 0.860. The van der Waals surface area contributed by atoms with Crippen molar-refractivity contribution >= 4 is 16.8 Å². The lowest BCUT2D eigenvalue weighted by molar-refractivity contribution is 0.253. The van der Waals surface area contributed by atoms with Gasteiger partial charge in [0.05, 0.1) is 0 Å². The Labute approximate surface area is 142 Å². The molecular formula is C20H23N3O. The summed E-state index contributed by atoms with van der Waals surface area (Å²) in [4.78, 5) is 9.57. The van der Waals surface area contributed by atoms with E-state index in [9.17, 15) is 0 Å². The minimum absolute atomic E-state index is 0.860. The number of nitrogens with zero attached hydrogens (tertiary/aromatic N) is 3. The molecule has 0 spiro atoms. The number of piperazine rings is 1. The molecule has 0 atom stereocenters. The van der Waals surface area contributed by atoms with Crippen molar-refractivity contribution in [3.63, 3.8) is 0 Å². The maximum absolute atomic E-state index is 5.79. The Balaban J connectivity index is 1.24. The highest BCUT2D eigenvalue weighted by Crippen LogP contribution is 2.17. The molecule has 1 aliphatic heterocycles. The second-order valence-corrected chi connectivity index (χ2v) is 6.34. The van der Waals surface area contributed by atoms with Crippen LogP contribution < -0.4 is 4.90 Å². The molecule has 0 bridgehead atoms. The Morgan fingerprint density at radius 2 is 1.62 bits per heavy atom. The summed E-state index contributed by atoms with van der Waals surface area (Å²) in [6, 6.07) is 18.7. The van der Waals surface area contributed by atoms with Crippen LogP contribution in [0.15, 0.2) is 59.0 Å². The van der Waals surface area contributed by atoms with Crippen LogP contribution in [0.25, 0.3) is 11.1 Å². The quantitative estimate of drug-likeness (QED) is 0.719. The molecule has 0 radical (unpaired) electrons. The van der Waals surface area contributed by atoms with Gasteiger partial charge >= 0.3 is 0 Å². The van der Waals surface area contributed by atoms with Gasteiger partial charge in [0.25, 0.3) is 0 Å². The number of hydrogen-bond donors (Lipinski definition) is 0. The van der Waals surface area contributed by atoms with E-state index in [-0.39, 0.29) is 0 Å². The summed E-state index contributed by atoms with van der Waals surface area (Å²) in [5.74, 6) is 0.860. The van der Waals surface area contributed by atoms with Crippen LogP contribution in [-0.2, 0) is 6.42 Å². The predicted molar refractivity (Wildman–Crippen MR) is 97.4 cm³/mol. The molecule has 0 saturated carbocycles. The van der Waals surface area contributed by atoms with Gasteiger partial charge in [0.2, 0.25) is 0 Å². The van der Waals surface area contributed by atoms with Gasteiger partial charge in [-0.1, -0.05) is 30.3 Å². The van der Waals surface area contributed by atoms with Crippen molar-refractivity contribution in [1.82, 2.24) is 9.88 Å². The third kappa shape index (κ3) is 3.44. The number of rotatable bonds is 5. The maximum Gasteiger partial charge on any atom is 0.195 e. The van der Waals surface area contributed by atoms with Crippen molar-refractivity contribution in [3.05, 3.63) is 60.5 Å². The highest BCUT2D eigenvalue weighted by atomic mass is 16.3. The second-order valence-electron chi connectivity index (χ2n) is 6.34. The average molecular weight is 321 g/mol. The van der Waals surface area contributed by atoms with Crippen molar-refractivity contribution < 1.29 is 4.42 Å². The van der Waals surface area contributed by atoms with E-state index < -0.39 is 0 Å². The SMILES string of the molecule is c1ccc(N2CCN(CCCc3nc4ccccc4o3)CC2)cc1. The van der Waals surface area contributed by atoms with Gasteiger partial charge in [-0.2, -0.15) is 0 Å². The number of benzene rings is 2. The van der Waals surface area contributed by atoms with Crippen molar-refractivity contribution in [1.29, 1.82) is 0 Å². The van der Waals surface area contributed by atoms with Crippen LogP contribution >= 0.6 is 0 Å². The summed E-state index contributed by atoms with van der Waals surface area (Å²) >= 11 is 0. The fraction of sp³-hybridized carbons (Fsp3) is 0.350. The number of oxazole rings is 1. The van der Waals surface area contributed by atoms with Gasteiger partial charge in [0.15, 0.2) is 11.5 Å². The van der Waals surface area contributed by atoms with Crippen LogP contribution in [0, 0.1) is 0 Å². The minimum Gasteiger partial charge on any atom is -0.441 e. The van der Waals surface area contributed by atoms with Gasteiger partial charge in [0.1, 0.15) is 5.52 Å². The fourth-order valence-corrected chi connectivity index (χ4v) is 3.35. The summed E-state index contributed by atoms with van der Waals surface area (Å²) in [6.07, 6.45) is 2.01. The van der Waals surface area contributed by atoms with Crippen molar-refractivity contribution in [3.8, 4) is 0 Å². The highest BCUT2D eigenvalue weighted by Gasteiger charge is 2.16. The van der Waals surface area contributed by atoms with Crippen LogP contribution in [0.5, 0.6) is 0 Å². The standard InChI is InChI=1S/C20H23N3O/c1-2-7-17(8-3-1)23-15-13-22(14-16-23)12-6-11-20-21-18-9-4-5-10-19(18)24-20/h1-5,7-10H,6,11-16H2. The van der Waals surface area contributed by atoms with Gasteiger partial charge in [-0.25, -0.2) is 4.98 Å². The molecule has 0 amide bonds. The molecule has 4 nitrogen and oxygen atoms in total. The zero-order valence-corrected chi connectivity index (χ0v) is 13.9. The number of anilines is 1. The Morgan fingerprint density at radius 1 is 0.875 bits per heavy atom. The van der Waals surface area contributed by atoms with Gasteiger partial charge in [-0.15, -0.1) is 0 Å². The number of fused-ring (bicyclic) bond motifs is 1. The van der Waals surface area contributed by atoms with E-state index in [0.717, 1.165) is 62.6 Å². The monoisotopic (exact) mass is 321 g/mol. The lowest BCUT2D eigenvalue weighted by Crippen LogP contribution is -2.46. The van der Waals surface area contributed by atoms with Gasteiger partial charge in [-0.3, -0.25) is 4.90 Å². The summed E-state index contributed by atoms with van der Waals surface area (Å²) in [5, 5.41) is 0. The molecule has 2 heterocycles. The third-order valence-electron chi connectivity index (χ3n) is 4.70. The van der Waals surface area contributed by atoms with Crippen LogP contribution in [0.4, 0.5) is 5.69 Å². The van der Waals surface area contributed by atoms with E-state index in [1.54, 1.807) is 0 Å². The average Bonchev–Trinajstić information content (AvgIpc) is 3.06. The Bertz CT molecular complexity index is 743. The number of hydrogen-bond acceptors (Lipinski definition) is 4. The van der Waals surface area contributed by atoms with Crippen LogP contribution in [0.1, 0.15) is 12.3 Å². The Hall–Kier alpha value is -2.33. The summed E-state index contributed by atoms with van der Waals surface area (Å²) in [6.45, 7) is 5.58. The zero-order chi connectivity index (χ0) is 16.2. The van der Waals surface area contributed by atoms with E-state index >= 15 is 0 Å². The normalized spacial score (nSPS) is 15.9. The summed E-state index contributed by atoms with van der Waals surface area (Å²) in [5.41, 5.74) is 3.19. The largest absolute Gasteiger partial charge is 0.441 e. The lowest BCUT2D eigenvalue weighted by Gasteiger charge is -2.36. The number of aryl methyl sites for hydroxylation is 1. The lowest BCUT2D eigenvalue weighted by atomic mass is 10.2. The topological polar surface area (TPSA) is 32.5 Å². The first kappa shape index (κ1) is 15.2. The predicted octanol–water partition coefficient (Wildman–Crippen LogP) is 3.58. The molecule has 124 valence electrons. The smallest absolute Gasteiger partial charge is 0.195 e. The molecule has 0 N–H and O–H groups in total. The molecule has 24 heavy (non-hydrogen) atoms. The molecule has 1 aromatic heterocycles. The van der Waals surface area contributed by atoms with Crippen LogP contribution in [0.2, 0.25) is 0 Å². The van der Waals surface area contributed by atoms with E-state index in [4.69, 9.17) is 4.42 Å². The zero-order valence-electron chi connectivity index (χ0n) is 13.9. The molecule has 0 unspecified atom stereocenters. The fourth-order valence-electron chi connectivity index (χ4n) is 3.35. The first-order chi connectivity index (χ1) is 11.9. The molecule has 3 aromatic rings. The highest BCUT2D eigenvalue weighted by molar-refractivity contribution is 5.72. The molecule has 1 saturated heterocycles. The molecule has 2 aromatic carbocycles. The van der Waals surface area contributed by atoms with Crippen molar-refractivity contribution in [2.75, 3.05) is 37.6 Å². The maximum atomic E-state index is 5.79. The molecule has 4 rings (SSSR count). The Morgan fingerprint density at radius 3 is 2.42 bits per heavy atom. The van der Waals surface area contributed by atoms with Gasteiger partial charge < -0.3 is 9.32 Å².